The topological polar surface area (TPSA) is 46.2 Å². The van der Waals surface area contributed by atoms with Gasteiger partial charge >= 0.3 is 0 Å². The van der Waals surface area contributed by atoms with Crippen molar-refractivity contribution in [3.63, 3.8) is 0 Å². The molecule has 2 rings (SSSR count). The first-order valence-corrected chi connectivity index (χ1v) is 7.15. The van der Waals surface area contributed by atoms with Gasteiger partial charge in [0, 0.05) is 18.0 Å². The van der Waals surface area contributed by atoms with Gasteiger partial charge in [-0.1, -0.05) is 35.9 Å². The highest BCUT2D eigenvalue weighted by atomic mass is 19.1. The van der Waals surface area contributed by atoms with Crippen LogP contribution in [0.5, 0.6) is 0 Å². The van der Waals surface area contributed by atoms with Crippen molar-refractivity contribution in [2.24, 2.45) is 5.73 Å². The summed E-state index contributed by atoms with van der Waals surface area (Å²) < 4.78 is 14.0. The van der Waals surface area contributed by atoms with Gasteiger partial charge in [-0.25, -0.2) is 4.39 Å². The molecular weight excluding hydrogens is 265 g/mol. The second-order valence-electron chi connectivity index (χ2n) is 5.66. The molecule has 0 bridgehead atoms. The molecule has 2 atom stereocenters. The van der Waals surface area contributed by atoms with E-state index in [4.69, 9.17) is 5.73 Å². The van der Waals surface area contributed by atoms with Crippen molar-refractivity contribution in [3.05, 3.63) is 70.0 Å². The molecule has 2 aromatic rings. The fourth-order valence-corrected chi connectivity index (χ4v) is 2.55. The number of halogens is 1. The van der Waals surface area contributed by atoms with Gasteiger partial charge in [0.2, 0.25) is 0 Å². The van der Waals surface area contributed by atoms with Crippen LogP contribution in [0.4, 0.5) is 4.39 Å². The molecule has 2 nitrogen and oxygen atoms in total. The average molecular weight is 287 g/mol. The highest BCUT2D eigenvalue weighted by Crippen LogP contribution is 2.32. The van der Waals surface area contributed by atoms with Gasteiger partial charge < -0.3 is 10.8 Å². The molecule has 0 aliphatic heterocycles. The van der Waals surface area contributed by atoms with Crippen LogP contribution < -0.4 is 5.73 Å². The molecule has 0 aliphatic rings. The van der Waals surface area contributed by atoms with Gasteiger partial charge in [0.25, 0.3) is 0 Å². The number of benzene rings is 2. The van der Waals surface area contributed by atoms with Gasteiger partial charge in [0.15, 0.2) is 0 Å². The fraction of sp³-hybridized carbons (Fsp3) is 0.333. The van der Waals surface area contributed by atoms with E-state index in [-0.39, 0.29) is 12.5 Å². The van der Waals surface area contributed by atoms with E-state index in [1.165, 1.54) is 11.6 Å². The van der Waals surface area contributed by atoms with Gasteiger partial charge in [0.1, 0.15) is 5.82 Å². The molecule has 0 spiro atoms. The Labute approximate surface area is 125 Å². The molecule has 0 radical (unpaired) electrons. The van der Waals surface area contributed by atoms with E-state index in [1.807, 2.05) is 39.0 Å². The maximum atomic E-state index is 14.0. The summed E-state index contributed by atoms with van der Waals surface area (Å²) in [6.07, 6.45) is -0.947. The Morgan fingerprint density at radius 2 is 1.76 bits per heavy atom. The van der Waals surface area contributed by atoms with Gasteiger partial charge in [-0.3, -0.25) is 0 Å². The number of hydrogen-bond donors (Lipinski definition) is 2. The molecule has 112 valence electrons. The predicted molar refractivity (Wildman–Crippen MR) is 83.8 cm³/mol. The van der Waals surface area contributed by atoms with Crippen LogP contribution in [0.1, 0.15) is 39.8 Å². The Hall–Kier alpha value is -1.71. The standard InChI is InChI=1S/C18H22FNO/c1-11-4-7-17(19)15(8-11)18(21)16(10-20)14-6-5-12(2)13(3)9-14/h4-9,16,18,21H,10,20H2,1-3H3. The van der Waals surface area contributed by atoms with E-state index in [9.17, 15) is 9.50 Å². The van der Waals surface area contributed by atoms with Crippen LogP contribution in [-0.2, 0) is 0 Å². The van der Waals surface area contributed by atoms with E-state index in [0.29, 0.717) is 5.56 Å². The molecule has 0 heterocycles. The molecule has 0 fully saturated rings. The number of aliphatic hydroxyl groups is 1. The Morgan fingerprint density at radius 1 is 1.05 bits per heavy atom. The van der Waals surface area contributed by atoms with Gasteiger partial charge in [-0.05, 0) is 43.5 Å². The largest absolute Gasteiger partial charge is 0.388 e. The average Bonchev–Trinajstić information content (AvgIpc) is 2.46. The lowest BCUT2D eigenvalue weighted by atomic mass is 9.87. The third-order valence-electron chi connectivity index (χ3n) is 4.06. The summed E-state index contributed by atoms with van der Waals surface area (Å²) in [5.74, 6) is -0.712. The first kappa shape index (κ1) is 15.7. The number of aryl methyl sites for hydroxylation is 3. The first-order valence-electron chi connectivity index (χ1n) is 7.15. The number of aliphatic hydroxyl groups excluding tert-OH is 1. The van der Waals surface area contributed by atoms with E-state index in [1.54, 1.807) is 12.1 Å². The first-order chi connectivity index (χ1) is 9.93. The van der Waals surface area contributed by atoms with Crippen LogP contribution in [0.15, 0.2) is 36.4 Å². The van der Waals surface area contributed by atoms with Crippen molar-refractivity contribution in [3.8, 4) is 0 Å². The molecule has 3 heteroatoms. The zero-order valence-corrected chi connectivity index (χ0v) is 12.7. The van der Waals surface area contributed by atoms with E-state index in [2.05, 4.69) is 0 Å². The molecule has 2 unspecified atom stereocenters. The summed E-state index contributed by atoms with van der Waals surface area (Å²) in [7, 11) is 0. The molecule has 0 saturated carbocycles. The summed E-state index contributed by atoms with van der Waals surface area (Å²) in [6.45, 7) is 6.19. The van der Waals surface area contributed by atoms with E-state index in [0.717, 1.165) is 16.7 Å². The Bertz CT molecular complexity index is 639. The minimum absolute atomic E-state index is 0.261. The van der Waals surface area contributed by atoms with Crippen LogP contribution in [0.25, 0.3) is 0 Å². The minimum atomic E-state index is -0.947. The number of rotatable bonds is 4. The van der Waals surface area contributed by atoms with Crippen molar-refractivity contribution in [2.45, 2.75) is 32.8 Å². The normalized spacial score (nSPS) is 14.0. The van der Waals surface area contributed by atoms with Crippen LogP contribution in [0.2, 0.25) is 0 Å². The summed E-state index contributed by atoms with van der Waals surface area (Å²) in [5, 5.41) is 10.6. The molecule has 0 aliphatic carbocycles. The lowest BCUT2D eigenvalue weighted by Gasteiger charge is -2.23. The Balaban J connectivity index is 2.40. The third-order valence-corrected chi connectivity index (χ3v) is 4.06. The van der Waals surface area contributed by atoms with Crippen molar-refractivity contribution in [1.29, 1.82) is 0 Å². The highest BCUT2D eigenvalue weighted by Gasteiger charge is 2.24. The zero-order valence-electron chi connectivity index (χ0n) is 12.7. The van der Waals surface area contributed by atoms with Crippen LogP contribution >= 0.6 is 0 Å². The molecule has 3 N–H and O–H groups in total. The molecular formula is C18H22FNO. The smallest absolute Gasteiger partial charge is 0.129 e. The quantitative estimate of drug-likeness (QED) is 0.903. The lowest BCUT2D eigenvalue weighted by molar-refractivity contribution is 0.143. The summed E-state index contributed by atoms with van der Waals surface area (Å²) in [4.78, 5) is 0. The predicted octanol–water partition coefficient (Wildman–Crippen LogP) is 3.53. The van der Waals surface area contributed by atoms with Crippen molar-refractivity contribution in [2.75, 3.05) is 6.54 Å². The maximum Gasteiger partial charge on any atom is 0.129 e. The van der Waals surface area contributed by atoms with Crippen LogP contribution in [0, 0.1) is 26.6 Å². The highest BCUT2D eigenvalue weighted by molar-refractivity contribution is 5.35. The minimum Gasteiger partial charge on any atom is -0.388 e. The monoisotopic (exact) mass is 287 g/mol. The second kappa shape index (κ2) is 6.37. The SMILES string of the molecule is Cc1ccc(F)c(C(O)C(CN)c2ccc(C)c(C)c2)c1. The van der Waals surface area contributed by atoms with Crippen LogP contribution in [-0.4, -0.2) is 11.7 Å². The summed E-state index contributed by atoms with van der Waals surface area (Å²) in [6, 6.07) is 10.7. The number of nitrogens with two attached hydrogens (primary N) is 1. The molecule has 21 heavy (non-hydrogen) atoms. The van der Waals surface area contributed by atoms with Crippen molar-refractivity contribution >= 4 is 0 Å². The Morgan fingerprint density at radius 3 is 2.38 bits per heavy atom. The summed E-state index contributed by atoms with van der Waals surface area (Å²) >= 11 is 0. The van der Waals surface area contributed by atoms with Gasteiger partial charge in [-0.15, -0.1) is 0 Å². The molecule has 2 aromatic carbocycles. The molecule has 0 amide bonds. The van der Waals surface area contributed by atoms with E-state index < -0.39 is 11.9 Å². The third kappa shape index (κ3) is 3.31. The van der Waals surface area contributed by atoms with Gasteiger partial charge in [0.05, 0.1) is 6.10 Å². The summed E-state index contributed by atoms with van der Waals surface area (Å²) in [5.41, 5.74) is 10.3. The fourth-order valence-electron chi connectivity index (χ4n) is 2.55. The number of hydrogen-bond acceptors (Lipinski definition) is 2. The zero-order chi connectivity index (χ0) is 15.6. The van der Waals surface area contributed by atoms with E-state index >= 15 is 0 Å². The van der Waals surface area contributed by atoms with Gasteiger partial charge in [-0.2, -0.15) is 0 Å². The van der Waals surface area contributed by atoms with Crippen LogP contribution in [0.3, 0.4) is 0 Å². The second-order valence-corrected chi connectivity index (χ2v) is 5.66. The van der Waals surface area contributed by atoms with Crippen molar-refractivity contribution in [1.82, 2.24) is 0 Å². The Kier molecular flexibility index (Phi) is 4.76. The molecule has 0 saturated heterocycles. The lowest BCUT2D eigenvalue weighted by Crippen LogP contribution is -2.21. The van der Waals surface area contributed by atoms with Crippen molar-refractivity contribution < 1.29 is 9.50 Å². The molecule has 0 aromatic heterocycles. The maximum absolute atomic E-state index is 14.0.